The predicted octanol–water partition coefficient (Wildman–Crippen LogP) is 0.972. The smallest absolute Gasteiger partial charge is 0.254 e. The molecule has 0 saturated carbocycles. The van der Waals surface area contributed by atoms with Gasteiger partial charge < -0.3 is 16.4 Å². The van der Waals surface area contributed by atoms with Crippen LogP contribution in [0.15, 0.2) is 12.1 Å². The summed E-state index contributed by atoms with van der Waals surface area (Å²) in [6, 6.07) is 2.70. The Morgan fingerprint density at radius 2 is 2.00 bits per heavy atom. The van der Waals surface area contributed by atoms with Gasteiger partial charge in [0.1, 0.15) is 5.82 Å². The number of nitrogens with two attached hydrogens (primary N) is 1. The molecule has 19 heavy (non-hydrogen) atoms. The zero-order chi connectivity index (χ0) is 14.4. The van der Waals surface area contributed by atoms with Crippen LogP contribution in [0.3, 0.4) is 0 Å². The van der Waals surface area contributed by atoms with Crippen LogP contribution in [0, 0.1) is 12.7 Å². The fourth-order valence-corrected chi connectivity index (χ4v) is 1.55. The summed E-state index contributed by atoms with van der Waals surface area (Å²) in [6.45, 7) is 3.80. The molecule has 0 heterocycles. The lowest BCUT2D eigenvalue weighted by atomic mass is 10.1. The molecule has 1 aromatic rings. The Bertz CT molecular complexity index is 489. The third-order valence-electron chi connectivity index (χ3n) is 2.50. The molecule has 5 nitrogen and oxygen atoms in total. The largest absolute Gasteiger partial charge is 0.399 e. The van der Waals surface area contributed by atoms with E-state index in [1.165, 1.54) is 19.1 Å². The summed E-state index contributed by atoms with van der Waals surface area (Å²) in [5.41, 5.74) is 6.01. The lowest BCUT2D eigenvalue weighted by Crippen LogP contribution is -2.37. The van der Waals surface area contributed by atoms with Crippen molar-refractivity contribution in [3.05, 3.63) is 29.1 Å². The quantitative estimate of drug-likeness (QED) is 0.695. The molecule has 0 aliphatic heterocycles. The molecule has 0 spiro atoms. The van der Waals surface area contributed by atoms with Crippen molar-refractivity contribution in [2.24, 2.45) is 0 Å². The van der Waals surface area contributed by atoms with E-state index in [1.54, 1.807) is 0 Å². The fourth-order valence-electron chi connectivity index (χ4n) is 1.55. The number of amides is 2. The first-order valence-corrected chi connectivity index (χ1v) is 6.06. The third-order valence-corrected chi connectivity index (χ3v) is 2.50. The lowest BCUT2D eigenvalue weighted by Gasteiger charge is -2.09. The minimum atomic E-state index is -0.653. The van der Waals surface area contributed by atoms with Gasteiger partial charge in [-0.25, -0.2) is 4.39 Å². The normalized spacial score (nSPS) is 10.1. The van der Waals surface area contributed by atoms with Gasteiger partial charge in [-0.1, -0.05) is 6.92 Å². The summed E-state index contributed by atoms with van der Waals surface area (Å²) >= 11 is 0. The maximum atomic E-state index is 13.7. The first kappa shape index (κ1) is 14.9. The van der Waals surface area contributed by atoms with Gasteiger partial charge in [-0.2, -0.15) is 0 Å². The molecule has 1 aromatic carbocycles. The fraction of sp³-hybridized carbons (Fsp3) is 0.385. The summed E-state index contributed by atoms with van der Waals surface area (Å²) in [6.07, 6.45) is 0.808. The van der Waals surface area contributed by atoms with Gasteiger partial charge >= 0.3 is 0 Å². The molecule has 0 atom stereocenters. The second-order valence-electron chi connectivity index (χ2n) is 4.23. The Balaban J connectivity index is 2.66. The number of nitrogen functional groups attached to an aromatic ring is 1. The van der Waals surface area contributed by atoms with Gasteiger partial charge in [-0.05, 0) is 31.0 Å². The zero-order valence-electron chi connectivity index (χ0n) is 11.0. The van der Waals surface area contributed by atoms with Crippen LogP contribution in [0.5, 0.6) is 0 Å². The first-order chi connectivity index (χ1) is 8.95. The van der Waals surface area contributed by atoms with Crippen molar-refractivity contribution in [2.45, 2.75) is 20.3 Å². The van der Waals surface area contributed by atoms with Crippen LogP contribution in [-0.4, -0.2) is 24.9 Å². The molecule has 1 rings (SSSR count). The Morgan fingerprint density at radius 3 is 2.63 bits per heavy atom. The standard InChI is InChI=1S/C13H18FN3O2/c1-3-4-16-11(18)7-17-13(19)10-6-9(15)5-8(2)12(10)14/h5-6H,3-4,7,15H2,1-2H3,(H,16,18)(H,17,19). The number of hydrogen-bond donors (Lipinski definition) is 3. The van der Waals surface area contributed by atoms with E-state index in [-0.39, 0.29) is 18.0 Å². The Labute approximate surface area is 111 Å². The Hall–Kier alpha value is -2.11. The third kappa shape index (κ3) is 4.24. The van der Waals surface area contributed by atoms with E-state index in [0.29, 0.717) is 17.8 Å². The van der Waals surface area contributed by atoms with E-state index >= 15 is 0 Å². The number of halogens is 1. The van der Waals surface area contributed by atoms with Gasteiger partial charge in [-0.3, -0.25) is 9.59 Å². The van der Waals surface area contributed by atoms with Gasteiger partial charge in [0.05, 0.1) is 12.1 Å². The molecule has 0 aliphatic rings. The van der Waals surface area contributed by atoms with Gasteiger partial charge in [0.2, 0.25) is 5.91 Å². The maximum Gasteiger partial charge on any atom is 0.254 e. The van der Waals surface area contributed by atoms with Crippen molar-refractivity contribution >= 4 is 17.5 Å². The van der Waals surface area contributed by atoms with E-state index in [9.17, 15) is 14.0 Å². The van der Waals surface area contributed by atoms with Crippen molar-refractivity contribution in [1.82, 2.24) is 10.6 Å². The molecule has 0 bridgehead atoms. The molecule has 104 valence electrons. The SMILES string of the molecule is CCCNC(=O)CNC(=O)c1cc(N)cc(C)c1F. The highest BCUT2D eigenvalue weighted by Crippen LogP contribution is 2.16. The van der Waals surface area contributed by atoms with Crippen LogP contribution < -0.4 is 16.4 Å². The number of carbonyl (C=O) groups excluding carboxylic acids is 2. The lowest BCUT2D eigenvalue weighted by molar-refractivity contribution is -0.120. The molecule has 0 radical (unpaired) electrons. The van der Waals surface area contributed by atoms with Gasteiger partial charge in [0.25, 0.3) is 5.91 Å². The van der Waals surface area contributed by atoms with Crippen LogP contribution in [0.1, 0.15) is 29.3 Å². The molecule has 4 N–H and O–H groups in total. The topological polar surface area (TPSA) is 84.2 Å². The summed E-state index contributed by atoms with van der Waals surface area (Å²) in [4.78, 5) is 23.1. The highest BCUT2D eigenvalue weighted by molar-refractivity contribution is 5.97. The summed E-state index contributed by atoms with van der Waals surface area (Å²) < 4.78 is 13.7. The van der Waals surface area contributed by atoms with Crippen LogP contribution in [0.2, 0.25) is 0 Å². The molecule has 0 saturated heterocycles. The number of benzene rings is 1. The minimum absolute atomic E-state index is 0.152. The monoisotopic (exact) mass is 267 g/mol. The van der Waals surface area contributed by atoms with Gasteiger partial charge in [0.15, 0.2) is 0 Å². The number of aryl methyl sites for hydroxylation is 1. The maximum absolute atomic E-state index is 13.7. The zero-order valence-corrected chi connectivity index (χ0v) is 11.0. The molecule has 0 aromatic heterocycles. The molecule has 6 heteroatoms. The van der Waals surface area contributed by atoms with Crippen molar-refractivity contribution in [3.63, 3.8) is 0 Å². The summed E-state index contributed by atoms with van der Waals surface area (Å²) in [5, 5.41) is 4.96. The molecular weight excluding hydrogens is 249 g/mol. The van der Waals surface area contributed by atoms with Crippen LogP contribution >= 0.6 is 0 Å². The van der Waals surface area contributed by atoms with E-state index in [1.807, 2.05) is 6.92 Å². The number of nitrogens with one attached hydrogen (secondary N) is 2. The van der Waals surface area contributed by atoms with E-state index in [2.05, 4.69) is 10.6 Å². The summed E-state index contributed by atoms with van der Waals surface area (Å²) in [5.74, 6) is -1.59. The number of hydrogen-bond acceptors (Lipinski definition) is 3. The average molecular weight is 267 g/mol. The van der Waals surface area contributed by atoms with Crippen molar-refractivity contribution in [3.8, 4) is 0 Å². The molecule has 0 aliphatic carbocycles. The average Bonchev–Trinajstić information content (AvgIpc) is 2.37. The number of anilines is 1. The summed E-state index contributed by atoms with van der Waals surface area (Å²) in [7, 11) is 0. The highest BCUT2D eigenvalue weighted by atomic mass is 19.1. The first-order valence-electron chi connectivity index (χ1n) is 6.06. The molecular formula is C13H18FN3O2. The molecule has 0 unspecified atom stereocenters. The van der Waals surface area contributed by atoms with Gasteiger partial charge in [-0.15, -0.1) is 0 Å². The second kappa shape index (κ2) is 6.72. The van der Waals surface area contributed by atoms with Crippen molar-refractivity contribution in [1.29, 1.82) is 0 Å². The highest BCUT2D eigenvalue weighted by Gasteiger charge is 2.15. The predicted molar refractivity (Wildman–Crippen MR) is 71.2 cm³/mol. The number of rotatable bonds is 5. The van der Waals surface area contributed by atoms with Gasteiger partial charge in [0, 0.05) is 12.2 Å². The minimum Gasteiger partial charge on any atom is -0.399 e. The number of carbonyl (C=O) groups is 2. The Morgan fingerprint density at radius 1 is 1.32 bits per heavy atom. The van der Waals surface area contributed by atoms with Crippen LogP contribution in [0.4, 0.5) is 10.1 Å². The second-order valence-corrected chi connectivity index (χ2v) is 4.23. The van der Waals surface area contributed by atoms with E-state index < -0.39 is 11.7 Å². The van der Waals surface area contributed by atoms with Crippen LogP contribution in [-0.2, 0) is 4.79 Å². The molecule has 0 fully saturated rings. The van der Waals surface area contributed by atoms with E-state index in [4.69, 9.17) is 5.73 Å². The van der Waals surface area contributed by atoms with Crippen LogP contribution in [0.25, 0.3) is 0 Å². The van der Waals surface area contributed by atoms with Crippen molar-refractivity contribution in [2.75, 3.05) is 18.8 Å². The van der Waals surface area contributed by atoms with E-state index in [0.717, 1.165) is 6.42 Å². The van der Waals surface area contributed by atoms with Crippen molar-refractivity contribution < 1.29 is 14.0 Å². The Kier molecular flexibility index (Phi) is 5.29. The molecule has 2 amide bonds.